The summed E-state index contributed by atoms with van der Waals surface area (Å²) in [6.45, 7) is 0. The largest absolute Gasteiger partial charge is 0.0924 e. The normalized spacial score (nSPS) is 17.2. The number of benzene rings is 1. The van der Waals surface area contributed by atoms with Gasteiger partial charge in [-0.05, 0) is 12.0 Å². The topological polar surface area (TPSA) is 0 Å². The van der Waals surface area contributed by atoms with Crippen molar-refractivity contribution in [3.8, 4) is 0 Å². The number of rotatable bonds is 2. The van der Waals surface area contributed by atoms with Gasteiger partial charge in [-0.15, -0.1) is 0 Å². The molecule has 0 heterocycles. The van der Waals surface area contributed by atoms with Crippen LogP contribution >= 0.6 is 15.9 Å². The highest BCUT2D eigenvalue weighted by atomic mass is 79.9. The van der Waals surface area contributed by atoms with Gasteiger partial charge in [0.05, 0.1) is 6.85 Å². The summed E-state index contributed by atoms with van der Waals surface area (Å²) in [7, 11) is 0. The molecule has 0 aliphatic carbocycles. The van der Waals surface area contributed by atoms with Crippen molar-refractivity contribution in [3.05, 3.63) is 35.8 Å². The molecule has 1 rings (SSSR count). The monoisotopic (exact) mass is 189 g/mol. The molecule has 9 heavy (non-hydrogen) atoms. The first-order chi connectivity index (χ1) is 6.50. The Labute approximate surface area is 71.1 Å². The van der Waals surface area contributed by atoms with Gasteiger partial charge in [-0.3, -0.25) is 0 Å². The van der Waals surface area contributed by atoms with E-state index in [1.165, 1.54) is 0 Å². The molecule has 0 aromatic heterocycles. The van der Waals surface area contributed by atoms with E-state index < -0.39 is 0 Å². The van der Waals surface area contributed by atoms with Gasteiger partial charge in [0.25, 0.3) is 0 Å². The zero-order chi connectivity index (χ0) is 10.9. The van der Waals surface area contributed by atoms with Crippen molar-refractivity contribution in [2.24, 2.45) is 0 Å². The maximum Gasteiger partial charge on any atom is 0.0626 e. The molecule has 0 radical (unpaired) electrons. The van der Waals surface area contributed by atoms with E-state index in [2.05, 4.69) is 15.9 Å². The third-order valence-electron chi connectivity index (χ3n) is 0.896. The van der Waals surface area contributed by atoms with Crippen molar-refractivity contribution in [1.29, 1.82) is 0 Å². The lowest BCUT2D eigenvalue weighted by Gasteiger charge is -1.92. The van der Waals surface area contributed by atoms with Crippen molar-refractivity contribution < 1.29 is 6.85 Å². The van der Waals surface area contributed by atoms with Gasteiger partial charge < -0.3 is 0 Å². The molecule has 1 heteroatoms. The number of hydrogen-bond acceptors (Lipinski definition) is 0. The molecule has 0 nitrogen and oxygen atoms in total. The zero-order valence-corrected chi connectivity index (χ0v) is 6.38. The fourth-order valence-electron chi connectivity index (χ4n) is 0.495. The molecule has 0 saturated heterocycles. The molecule has 0 saturated carbocycles. The van der Waals surface area contributed by atoms with Crippen molar-refractivity contribution in [2.75, 3.05) is 5.33 Å². The van der Waals surface area contributed by atoms with E-state index in [0.717, 1.165) is 0 Å². The summed E-state index contributed by atoms with van der Waals surface area (Å²) >= 11 is 3.19. The second kappa shape index (κ2) is 3.67. The molecule has 48 valence electrons. The zero-order valence-electron chi connectivity index (χ0n) is 9.79. The van der Waals surface area contributed by atoms with Gasteiger partial charge in [0.15, 0.2) is 0 Å². The fraction of sp³-hybridized carbons (Fsp3) is 0.250. The Bertz CT molecular complexity index is 334. The van der Waals surface area contributed by atoms with Crippen molar-refractivity contribution in [1.82, 2.24) is 0 Å². The molecular formula is C8H9Br. The van der Waals surface area contributed by atoms with E-state index in [0.29, 0.717) is 17.3 Å². The summed E-state index contributed by atoms with van der Waals surface area (Å²) in [5.74, 6) is 0. The van der Waals surface area contributed by atoms with Gasteiger partial charge in [0, 0.05) is 5.33 Å². The number of hydrogen-bond donors (Lipinski definition) is 0. The molecular weight excluding hydrogens is 176 g/mol. The highest BCUT2D eigenvalue weighted by Crippen LogP contribution is 2.00. The number of alkyl halides is 1. The minimum atomic E-state index is -0.335. The lowest BCUT2D eigenvalue weighted by molar-refractivity contribution is 1.17. The molecule has 0 fully saturated rings. The lowest BCUT2D eigenvalue weighted by atomic mass is 10.2. The minimum absolute atomic E-state index is 0.101. The van der Waals surface area contributed by atoms with E-state index in [-0.39, 0.29) is 30.2 Å². The predicted molar refractivity (Wildman–Crippen MR) is 43.9 cm³/mol. The van der Waals surface area contributed by atoms with Gasteiger partial charge in [-0.25, -0.2) is 0 Å². The first-order valence-electron chi connectivity index (χ1n) is 5.12. The van der Waals surface area contributed by atoms with Crippen LogP contribution < -0.4 is 0 Å². The molecule has 0 aliphatic heterocycles. The Morgan fingerprint density at radius 2 is 2.00 bits per heavy atom. The molecule has 0 N–H and O–H groups in total. The Balaban J connectivity index is 3.43. The highest BCUT2D eigenvalue weighted by Gasteiger charge is 1.85. The molecule has 0 bridgehead atoms. The molecule has 0 spiro atoms. The molecule has 0 aliphatic rings. The van der Waals surface area contributed by atoms with Gasteiger partial charge >= 0.3 is 0 Å². The molecule has 0 unspecified atom stereocenters. The summed E-state index contributed by atoms with van der Waals surface area (Å²) in [6, 6.07) is -1.06. The summed E-state index contributed by atoms with van der Waals surface area (Å²) in [4.78, 5) is 0. The first-order valence-corrected chi connectivity index (χ1v) is 3.74. The summed E-state index contributed by atoms with van der Waals surface area (Å²) in [5.41, 5.74) is 0.368. The summed E-state index contributed by atoms with van der Waals surface area (Å²) in [6.07, 6.45) is 0.440. The maximum absolute atomic E-state index is 7.55. The van der Waals surface area contributed by atoms with E-state index in [4.69, 9.17) is 6.85 Å². The van der Waals surface area contributed by atoms with Crippen LogP contribution in [0.3, 0.4) is 0 Å². The van der Waals surface area contributed by atoms with Crippen molar-refractivity contribution in [2.45, 2.75) is 6.42 Å². The van der Waals surface area contributed by atoms with Crippen molar-refractivity contribution >= 4 is 15.9 Å². The van der Waals surface area contributed by atoms with E-state index >= 15 is 0 Å². The van der Waals surface area contributed by atoms with E-state index in [9.17, 15) is 0 Å². The standard InChI is InChI=1S/C8H9Br/c9-7-6-8-4-2-1-3-5-8/h1-5H,6-7H2/i1D,2D,3D,4D,5D. The highest BCUT2D eigenvalue weighted by molar-refractivity contribution is 9.09. The molecule has 0 amide bonds. The van der Waals surface area contributed by atoms with Crippen LogP contribution in [-0.2, 0) is 6.42 Å². The van der Waals surface area contributed by atoms with Crippen LogP contribution in [0.5, 0.6) is 0 Å². The van der Waals surface area contributed by atoms with Crippen LogP contribution in [0.2, 0.25) is 0 Å². The molecule has 1 aromatic carbocycles. The number of halogens is 1. The second-order valence-corrected chi connectivity index (χ2v) is 2.34. The average molecular weight is 190 g/mol. The van der Waals surface area contributed by atoms with Crippen LogP contribution in [-0.4, -0.2) is 5.33 Å². The Morgan fingerprint density at radius 3 is 2.56 bits per heavy atom. The first kappa shape index (κ1) is 2.75. The van der Waals surface area contributed by atoms with Gasteiger partial charge in [-0.1, -0.05) is 46.1 Å². The molecule has 0 atom stereocenters. The lowest BCUT2D eigenvalue weighted by Crippen LogP contribution is -1.82. The van der Waals surface area contributed by atoms with Crippen LogP contribution in [0.1, 0.15) is 12.4 Å². The third-order valence-corrected chi connectivity index (χ3v) is 1.29. The predicted octanol–water partition coefficient (Wildman–Crippen LogP) is 2.62. The van der Waals surface area contributed by atoms with Gasteiger partial charge in [-0.2, -0.15) is 0 Å². The Kier molecular flexibility index (Phi) is 1.12. The van der Waals surface area contributed by atoms with Crippen LogP contribution in [0.4, 0.5) is 0 Å². The summed E-state index contributed by atoms with van der Waals surface area (Å²) in [5, 5.41) is 0.584. The second-order valence-electron chi connectivity index (χ2n) is 1.54. The van der Waals surface area contributed by atoms with Crippen molar-refractivity contribution in [3.63, 3.8) is 0 Å². The van der Waals surface area contributed by atoms with E-state index in [1.54, 1.807) is 0 Å². The van der Waals surface area contributed by atoms with Gasteiger partial charge in [0.2, 0.25) is 0 Å². The van der Waals surface area contributed by atoms with Crippen LogP contribution in [0.25, 0.3) is 0 Å². The smallest absolute Gasteiger partial charge is 0.0626 e. The quantitative estimate of drug-likeness (QED) is 0.629. The Hall–Kier alpha value is -0.300. The fourth-order valence-corrected chi connectivity index (χ4v) is 0.892. The average Bonchev–Trinajstić information content (AvgIpc) is 2.19. The van der Waals surface area contributed by atoms with E-state index in [1.807, 2.05) is 0 Å². The van der Waals surface area contributed by atoms with Gasteiger partial charge in [0.1, 0.15) is 0 Å². The Morgan fingerprint density at radius 1 is 1.33 bits per heavy atom. The molecule has 1 aromatic rings. The summed E-state index contributed by atoms with van der Waals surface area (Å²) < 4.78 is 37.2. The minimum Gasteiger partial charge on any atom is -0.0924 e. The third kappa shape index (κ3) is 2.19. The maximum atomic E-state index is 7.55. The SMILES string of the molecule is [2H]c1c([2H])c([2H])c(CCBr)c([2H])c1[2H]. The van der Waals surface area contributed by atoms with Crippen LogP contribution in [0.15, 0.2) is 30.2 Å². The van der Waals surface area contributed by atoms with Crippen LogP contribution in [0, 0.1) is 0 Å².